The molecule has 4 nitrogen and oxygen atoms in total. The van der Waals surface area contributed by atoms with Gasteiger partial charge in [-0.15, -0.1) is 0 Å². The zero-order valence-corrected chi connectivity index (χ0v) is 24.5. The third kappa shape index (κ3) is 10.9. The molecular weight excluding hydrogens is 480 g/mol. The topological polar surface area (TPSA) is 33.4 Å². The molecule has 3 aromatic rings. The monoisotopic (exact) mass is 529 g/mol. The maximum atomic E-state index is 13.5. The lowest BCUT2D eigenvalue weighted by Crippen LogP contribution is -2.34. The quantitative estimate of drug-likeness (QED) is 0.122. The number of aryl methyl sites for hydroxylation is 2. The standard InChI is InChI=1S/C35H49N2O2/c1-4-5-6-7-8-9-10-11-12-13-14-18-26-39-34-24-23-31(30(2)27-34)29-37(33-21-16-15-17-22-33)35(38)32-20-19-25-36(3)28-32/h15-17,19-25,27-28H,4-14,18,26,29H2,1-3H3/q+1. The Morgan fingerprint density at radius 3 is 2.05 bits per heavy atom. The smallest absolute Gasteiger partial charge is 0.264 e. The van der Waals surface area contributed by atoms with E-state index in [1.54, 1.807) is 0 Å². The van der Waals surface area contributed by atoms with Gasteiger partial charge in [0.15, 0.2) is 12.4 Å². The summed E-state index contributed by atoms with van der Waals surface area (Å²) < 4.78 is 7.98. The molecule has 0 saturated carbocycles. The summed E-state index contributed by atoms with van der Waals surface area (Å²) in [6.45, 7) is 5.64. The summed E-state index contributed by atoms with van der Waals surface area (Å²) in [5.41, 5.74) is 3.81. The average Bonchev–Trinajstić information content (AvgIpc) is 2.95. The Bertz CT molecular complexity index is 1110. The highest BCUT2D eigenvalue weighted by atomic mass is 16.5. The van der Waals surface area contributed by atoms with Crippen molar-refractivity contribution in [2.45, 2.75) is 97.4 Å². The molecule has 0 aliphatic rings. The summed E-state index contributed by atoms with van der Waals surface area (Å²) in [7, 11) is 1.93. The number of benzene rings is 2. The zero-order chi connectivity index (χ0) is 27.7. The lowest BCUT2D eigenvalue weighted by molar-refractivity contribution is -0.671. The summed E-state index contributed by atoms with van der Waals surface area (Å²) in [6, 6.07) is 19.9. The number of hydrogen-bond donors (Lipinski definition) is 0. The number of carbonyl (C=O) groups is 1. The van der Waals surface area contributed by atoms with E-state index in [0.717, 1.165) is 35.6 Å². The molecule has 0 aliphatic carbocycles. The minimum Gasteiger partial charge on any atom is -0.494 e. The van der Waals surface area contributed by atoms with E-state index in [1.165, 1.54) is 70.6 Å². The number of anilines is 1. The summed E-state index contributed by atoms with van der Waals surface area (Å²) in [6.07, 6.45) is 19.9. The molecule has 0 spiro atoms. The van der Waals surface area contributed by atoms with Gasteiger partial charge in [-0.3, -0.25) is 4.79 Å². The normalized spacial score (nSPS) is 10.9. The SMILES string of the molecule is CCCCCCCCCCCCCCOc1ccc(CN(C(=O)c2ccc[n+](C)c2)c2ccccc2)c(C)c1. The highest BCUT2D eigenvalue weighted by Crippen LogP contribution is 2.24. The van der Waals surface area contributed by atoms with Crippen molar-refractivity contribution in [3.05, 3.63) is 89.7 Å². The molecule has 3 rings (SSSR count). The van der Waals surface area contributed by atoms with Crippen molar-refractivity contribution in [3.8, 4) is 5.75 Å². The van der Waals surface area contributed by atoms with Gasteiger partial charge in [0, 0.05) is 11.8 Å². The summed E-state index contributed by atoms with van der Waals surface area (Å²) >= 11 is 0. The Labute approximate surface area is 237 Å². The maximum Gasteiger partial charge on any atom is 0.264 e. The van der Waals surface area contributed by atoms with Gasteiger partial charge < -0.3 is 9.64 Å². The van der Waals surface area contributed by atoms with Crippen molar-refractivity contribution < 1.29 is 14.1 Å². The number of pyridine rings is 1. The van der Waals surface area contributed by atoms with Gasteiger partial charge in [-0.1, -0.05) is 102 Å². The van der Waals surface area contributed by atoms with E-state index in [1.807, 2.05) is 77.4 Å². The minimum atomic E-state index is -0.0101. The average molecular weight is 530 g/mol. The number of aromatic nitrogens is 1. The largest absolute Gasteiger partial charge is 0.494 e. The molecule has 1 heterocycles. The molecule has 0 bridgehead atoms. The van der Waals surface area contributed by atoms with Crippen molar-refractivity contribution in [3.63, 3.8) is 0 Å². The highest BCUT2D eigenvalue weighted by molar-refractivity contribution is 6.05. The summed E-state index contributed by atoms with van der Waals surface area (Å²) in [5.74, 6) is 0.899. The second-order valence-corrected chi connectivity index (χ2v) is 10.8. The first-order valence-corrected chi connectivity index (χ1v) is 15.1. The molecule has 1 aromatic heterocycles. The first-order chi connectivity index (χ1) is 19.1. The molecule has 0 aliphatic heterocycles. The van der Waals surface area contributed by atoms with E-state index in [0.29, 0.717) is 12.1 Å². The Balaban J connectivity index is 1.44. The fourth-order valence-corrected chi connectivity index (χ4v) is 5.00. The number of para-hydroxylation sites is 1. The molecule has 0 N–H and O–H groups in total. The van der Waals surface area contributed by atoms with E-state index in [4.69, 9.17) is 4.74 Å². The second-order valence-electron chi connectivity index (χ2n) is 10.8. The van der Waals surface area contributed by atoms with Gasteiger partial charge in [-0.05, 0) is 54.8 Å². The first-order valence-electron chi connectivity index (χ1n) is 15.1. The van der Waals surface area contributed by atoms with Gasteiger partial charge in [-0.25, -0.2) is 4.57 Å². The molecule has 0 fully saturated rings. The predicted octanol–water partition coefficient (Wildman–Crippen LogP) is 8.75. The van der Waals surface area contributed by atoms with E-state index in [9.17, 15) is 4.79 Å². The Morgan fingerprint density at radius 2 is 1.44 bits per heavy atom. The fourth-order valence-electron chi connectivity index (χ4n) is 5.00. The number of rotatable bonds is 18. The number of unbranched alkanes of at least 4 members (excludes halogenated alkanes) is 11. The number of nitrogens with zero attached hydrogens (tertiary/aromatic N) is 2. The second kappa shape index (κ2) is 17.4. The Morgan fingerprint density at radius 1 is 0.795 bits per heavy atom. The van der Waals surface area contributed by atoms with Crippen LogP contribution in [0.5, 0.6) is 5.75 Å². The maximum absolute atomic E-state index is 13.5. The van der Waals surface area contributed by atoms with Crippen LogP contribution in [-0.2, 0) is 13.6 Å². The van der Waals surface area contributed by atoms with Gasteiger partial charge in [0.05, 0.1) is 13.2 Å². The summed E-state index contributed by atoms with van der Waals surface area (Å²) in [4.78, 5) is 15.4. The lowest BCUT2D eigenvalue weighted by Gasteiger charge is -2.24. The molecular formula is C35H49N2O2+. The van der Waals surface area contributed by atoms with Gasteiger partial charge in [0.25, 0.3) is 5.91 Å². The molecule has 4 heteroatoms. The zero-order valence-electron chi connectivity index (χ0n) is 24.5. The van der Waals surface area contributed by atoms with Crippen molar-refractivity contribution >= 4 is 11.6 Å². The van der Waals surface area contributed by atoms with Gasteiger partial charge in [0.2, 0.25) is 0 Å². The van der Waals surface area contributed by atoms with Crippen molar-refractivity contribution in [1.29, 1.82) is 0 Å². The van der Waals surface area contributed by atoms with Crippen LogP contribution in [0, 0.1) is 6.92 Å². The molecule has 0 saturated heterocycles. The molecule has 0 radical (unpaired) electrons. The van der Waals surface area contributed by atoms with E-state index in [-0.39, 0.29) is 5.91 Å². The minimum absolute atomic E-state index is 0.0101. The Hall–Kier alpha value is -3.14. The van der Waals surface area contributed by atoms with Crippen LogP contribution in [0.25, 0.3) is 0 Å². The van der Waals surface area contributed by atoms with Gasteiger partial charge >= 0.3 is 0 Å². The van der Waals surface area contributed by atoms with Crippen molar-refractivity contribution in [2.75, 3.05) is 11.5 Å². The van der Waals surface area contributed by atoms with Crippen LogP contribution >= 0.6 is 0 Å². The van der Waals surface area contributed by atoms with Crippen LogP contribution in [-0.4, -0.2) is 12.5 Å². The highest BCUT2D eigenvalue weighted by Gasteiger charge is 2.21. The lowest BCUT2D eigenvalue weighted by atomic mass is 10.1. The molecule has 2 aromatic carbocycles. The van der Waals surface area contributed by atoms with Crippen LogP contribution in [0.2, 0.25) is 0 Å². The molecule has 0 atom stereocenters. The van der Waals surface area contributed by atoms with Gasteiger partial charge in [0.1, 0.15) is 18.4 Å². The summed E-state index contributed by atoms with van der Waals surface area (Å²) in [5, 5.41) is 0. The number of carbonyl (C=O) groups excluding carboxylic acids is 1. The van der Waals surface area contributed by atoms with Crippen LogP contribution in [0.4, 0.5) is 5.69 Å². The molecule has 39 heavy (non-hydrogen) atoms. The third-order valence-corrected chi connectivity index (χ3v) is 7.41. The van der Waals surface area contributed by atoms with Crippen molar-refractivity contribution in [1.82, 2.24) is 0 Å². The fraction of sp³-hybridized carbons (Fsp3) is 0.486. The molecule has 1 amide bonds. The van der Waals surface area contributed by atoms with Crippen LogP contribution < -0.4 is 14.2 Å². The molecule has 0 unspecified atom stereocenters. The van der Waals surface area contributed by atoms with Crippen LogP contribution in [0.1, 0.15) is 105 Å². The van der Waals surface area contributed by atoms with Crippen molar-refractivity contribution in [2.24, 2.45) is 7.05 Å². The van der Waals surface area contributed by atoms with E-state index in [2.05, 4.69) is 26.0 Å². The Kier molecular flexibility index (Phi) is 13.6. The van der Waals surface area contributed by atoms with Gasteiger partial charge in [-0.2, -0.15) is 0 Å². The number of hydrogen-bond acceptors (Lipinski definition) is 2. The van der Waals surface area contributed by atoms with E-state index >= 15 is 0 Å². The molecule has 210 valence electrons. The first kappa shape index (κ1) is 30.4. The third-order valence-electron chi connectivity index (χ3n) is 7.41. The van der Waals surface area contributed by atoms with E-state index < -0.39 is 0 Å². The predicted molar refractivity (Wildman–Crippen MR) is 162 cm³/mol. The number of ether oxygens (including phenoxy) is 1. The van der Waals surface area contributed by atoms with Crippen LogP contribution in [0.15, 0.2) is 73.1 Å². The van der Waals surface area contributed by atoms with Crippen LogP contribution in [0.3, 0.4) is 0 Å². The number of amides is 1.